The molecule has 136 valence electrons. The average Bonchev–Trinajstić information content (AvgIpc) is 2.80. The number of urea groups is 1. The molecule has 3 N–H and O–H groups in total. The molecule has 0 unspecified atom stereocenters. The molecule has 0 radical (unpaired) electrons. The number of imide groups is 1. The molecule has 0 aromatic rings. The summed E-state index contributed by atoms with van der Waals surface area (Å²) in [4.78, 5) is 24.8. The van der Waals surface area contributed by atoms with Crippen molar-refractivity contribution in [3.63, 3.8) is 0 Å². The monoisotopic (exact) mass is 354 g/mol. The van der Waals surface area contributed by atoms with Crippen LogP contribution in [0.25, 0.3) is 0 Å². The third-order valence-corrected chi connectivity index (χ3v) is 5.41. The lowest BCUT2D eigenvalue weighted by Crippen LogP contribution is -2.53. The molecule has 1 saturated heterocycles. The van der Waals surface area contributed by atoms with E-state index < -0.39 is 11.6 Å². The molecular weight excluding hydrogens is 324 g/mol. The van der Waals surface area contributed by atoms with Crippen LogP contribution in [0, 0.1) is 5.92 Å². The summed E-state index contributed by atoms with van der Waals surface area (Å²) in [5.41, 5.74) is 2.06. The number of unbranched alkanes of at least 4 members (excludes halogenated alkanes) is 1. The molecule has 3 amide bonds. The number of hydrogen-bond acceptors (Lipinski definition) is 3. The zero-order valence-corrected chi connectivity index (χ0v) is 15.6. The van der Waals surface area contributed by atoms with Gasteiger partial charge in [-0.2, -0.15) is 5.01 Å². The highest BCUT2D eigenvalue weighted by Gasteiger charge is 2.51. The quantitative estimate of drug-likeness (QED) is 0.484. The van der Waals surface area contributed by atoms with Crippen LogP contribution >= 0.6 is 12.2 Å². The van der Waals surface area contributed by atoms with Crippen LogP contribution in [0.5, 0.6) is 0 Å². The molecule has 2 fully saturated rings. The van der Waals surface area contributed by atoms with Crippen molar-refractivity contribution in [2.45, 2.75) is 77.2 Å². The van der Waals surface area contributed by atoms with E-state index >= 15 is 0 Å². The SMILES string of the molecule is CCCC[C@@H](CC)CNC(=S)NN1C(=O)NC2(CCCCC2)C1=O. The van der Waals surface area contributed by atoms with Crippen LogP contribution in [0.15, 0.2) is 0 Å². The largest absolute Gasteiger partial charge is 0.361 e. The second-order valence-corrected chi connectivity index (χ2v) is 7.36. The van der Waals surface area contributed by atoms with Gasteiger partial charge < -0.3 is 10.6 Å². The Morgan fingerprint density at radius 1 is 1.29 bits per heavy atom. The molecule has 0 aromatic heterocycles. The van der Waals surface area contributed by atoms with Crippen molar-refractivity contribution in [1.82, 2.24) is 21.1 Å². The zero-order chi connectivity index (χ0) is 17.6. The number of carbonyl (C=O) groups is 2. The number of nitrogens with zero attached hydrogens (tertiary/aromatic N) is 1. The van der Waals surface area contributed by atoms with E-state index in [0.717, 1.165) is 43.7 Å². The summed E-state index contributed by atoms with van der Waals surface area (Å²) in [6.07, 6.45) is 9.12. The fourth-order valence-electron chi connectivity index (χ4n) is 3.54. The summed E-state index contributed by atoms with van der Waals surface area (Å²) in [6, 6.07) is -0.399. The fraction of sp³-hybridized carbons (Fsp3) is 0.824. The highest BCUT2D eigenvalue weighted by atomic mass is 32.1. The van der Waals surface area contributed by atoms with Gasteiger partial charge in [-0.25, -0.2) is 4.79 Å². The first-order valence-corrected chi connectivity index (χ1v) is 9.64. The van der Waals surface area contributed by atoms with Crippen LogP contribution in [0.2, 0.25) is 0 Å². The van der Waals surface area contributed by atoms with Crippen molar-refractivity contribution in [2.24, 2.45) is 5.92 Å². The Labute approximate surface area is 150 Å². The number of nitrogens with one attached hydrogen (secondary N) is 3. The first-order chi connectivity index (χ1) is 11.5. The number of hydrazine groups is 1. The van der Waals surface area contributed by atoms with Gasteiger partial charge in [-0.05, 0) is 37.4 Å². The Kier molecular flexibility index (Phi) is 6.83. The number of rotatable bonds is 7. The summed E-state index contributed by atoms with van der Waals surface area (Å²) >= 11 is 5.27. The zero-order valence-electron chi connectivity index (χ0n) is 14.8. The molecule has 0 bridgehead atoms. The average molecular weight is 355 g/mol. The van der Waals surface area contributed by atoms with Gasteiger partial charge in [0.1, 0.15) is 5.54 Å². The maximum Gasteiger partial charge on any atom is 0.344 e. The topological polar surface area (TPSA) is 73.5 Å². The second-order valence-electron chi connectivity index (χ2n) is 6.95. The predicted molar refractivity (Wildman–Crippen MR) is 98.2 cm³/mol. The molecule has 1 spiro atoms. The first-order valence-electron chi connectivity index (χ1n) is 9.23. The van der Waals surface area contributed by atoms with Gasteiger partial charge in [0.15, 0.2) is 5.11 Å². The van der Waals surface area contributed by atoms with E-state index in [1.807, 2.05) is 0 Å². The van der Waals surface area contributed by atoms with Gasteiger partial charge in [-0.3, -0.25) is 10.2 Å². The van der Waals surface area contributed by atoms with Crippen LogP contribution in [0.4, 0.5) is 4.79 Å². The van der Waals surface area contributed by atoms with E-state index in [9.17, 15) is 9.59 Å². The highest BCUT2D eigenvalue weighted by Crippen LogP contribution is 2.32. The molecule has 7 heteroatoms. The van der Waals surface area contributed by atoms with E-state index in [1.165, 1.54) is 12.8 Å². The van der Waals surface area contributed by atoms with Gasteiger partial charge >= 0.3 is 6.03 Å². The van der Waals surface area contributed by atoms with Crippen LogP contribution in [0.1, 0.15) is 71.6 Å². The standard InChI is InChI=1S/C17H30N4O2S/c1-3-5-9-13(4-2)12-18-15(24)20-21-14(22)17(19-16(21)23)10-7-6-8-11-17/h13H,3-12H2,1-2H3,(H,19,23)(H2,18,20,24)/t13-/m1/s1. The molecule has 1 atom stereocenters. The summed E-state index contributed by atoms with van der Waals surface area (Å²) in [7, 11) is 0. The summed E-state index contributed by atoms with van der Waals surface area (Å²) in [5.74, 6) is 0.354. The van der Waals surface area contributed by atoms with E-state index in [4.69, 9.17) is 12.2 Å². The minimum absolute atomic E-state index is 0.200. The van der Waals surface area contributed by atoms with Crippen molar-refractivity contribution < 1.29 is 9.59 Å². The van der Waals surface area contributed by atoms with Gasteiger partial charge in [0.05, 0.1) is 0 Å². The molecule has 1 saturated carbocycles. The molecule has 24 heavy (non-hydrogen) atoms. The van der Waals surface area contributed by atoms with Gasteiger partial charge in [-0.15, -0.1) is 0 Å². The molecule has 1 aliphatic heterocycles. The van der Waals surface area contributed by atoms with Crippen LogP contribution in [0.3, 0.4) is 0 Å². The van der Waals surface area contributed by atoms with Crippen LogP contribution < -0.4 is 16.1 Å². The normalized spacial score (nSPS) is 20.8. The van der Waals surface area contributed by atoms with Crippen LogP contribution in [-0.2, 0) is 4.79 Å². The minimum atomic E-state index is -0.717. The molecular formula is C17H30N4O2S. The number of amides is 3. The van der Waals surface area contributed by atoms with E-state index in [1.54, 1.807) is 0 Å². The van der Waals surface area contributed by atoms with Crippen molar-refractivity contribution in [2.75, 3.05) is 6.54 Å². The highest BCUT2D eigenvalue weighted by molar-refractivity contribution is 7.80. The van der Waals surface area contributed by atoms with Crippen molar-refractivity contribution >= 4 is 29.3 Å². The fourth-order valence-corrected chi connectivity index (χ4v) is 3.71. The van der Waals surface area contributed by atoms with E-state index in [-0.39, 0.29) is 5.91 Å². The van der Waals surface area contributed by atoms with Gasteiger partial charge in [-0.1, -0.05) is 52.4 Å². The van der Waals surface area contributed by atoms with E-state index in [0.29, 0.717) is 23.9 Å². The second kappa shape index (κ2) is 8.65. The number of thiocarbonyl (C=S) groups is 1. The van der Waals surface area contributed by atoms with Gasteiger partial charge in [0.25, 0.3) is 5.91 Å². The third kappa shape index (κ3) is 4.37. The Morgan fingerprint density at radius 2 is 2.00 bits per heavy atom. The molecule has 2 aliphatic rings. The Morgan fingerprint density at radius 3 is 2.62 bits per heavy atom. The van der Waals surface area contributed by atoms with Crippen molar-refractivity contribution in [3.8, 4) is 0 Å². The van der Waals surface area contributed by atoms with Gasteiger partial charge in [0, 0.05) is 6.54 Å². The maximum absolute atomic E-state index is 12.7. The Balaban J connectivity index is 1.85. The first kappa shape index (κ1) is 19.0. The molecule has 6 nitrogen and oxygen atoms in total. The van der Waals surface area contributed by atoms with Crippen molar-refractivity contribution in [3.05, 3.63) is 0 Å². The van der Waals surface area contributed by atoms with Gasteiger partial charge in [0.2, 0.25) is 0 Å². The minimum Gasteiger partial charge on any atom is -0.361 e. The third-order valence-electron chi connectivity index (χ3n) is 5.18. The summed E-state index contributed by atoms with van der Waals surface area (Å²) < 4.78 is 0. The molecule has 2 rings (SSSR count). The Hall–Kier alpha value is -1.37. The lowest BCUT2D eigenvalue weighted by molar-refractivity contribution is -0.133. The number of carbonyl (C=O) groups excluding carboxylic acids is 2. The summed E-state index contributed by atoms with van der Waals surface area (Å²) in [5, 5.41) is 7.40. The van der Waals surface area contributed by atoms with E-state index in [2.05, 4.69) is 29.9 Å². The molecule has 1 aliphatic carbocycles. The molecule has 0 aromatic carbocycles. The smallest absolute Gasteiger partial charge is 0.344 e. The van der Waals surface area contributed by atoms with Crippen LogP contribution in [-0.4, -0.2) is 34.1 Å². The number of hydrogen-bond donors (Lipinski definition) is 3. The lowest BCUT2D eigenvalue weighted by Gasteiger charge is -2.30. The lowest BCUT2D eigenvalue weighted by atomic mass is 9.82. The van der Waals surface area contributed by atoms with Crippen molar-refractivity contribution in [1.29, 1.82) is 0 Å². The molecule has 1 heterocycles. The summed E-state index contributed by atoms with van der Waals surface area (Å²) in [6.45, 7) is 5.12. The maximum atomic E-state index is 12.7. The predicted octanol–water partition coefficient (Wildman–Crippen LogP) is 2.84. The Bertz CT molecular complexity index is 477.